The van der Waals surface area contributed by atoms with Gasteiger partial charge in [-0.2, -0.15) is 0 Å². The molecule has 3 nitrogen and oxygen atoms in total. The van der Waals surface area contributed by atoms with E-state index in [1.165, 1.54) is 30.5 Å². The largest absolute Gasteiger partial charge is 0.493 e. The molecule has 1 unspecified atom stereocenters. The van der Waals surface area contributed by atoms with E-state index < -0.39 is 0 Å². The van der Waals surface area contributed by atoms with Gasteiger partial charge in [0.05, 0.1) is 6.61 Å². The number of hydrogen-bond donors (Lipinski definition) is 1. The third-order valence-electron chi connectivity index (χ3n) is 4.40. The van der Waals surface area contributed by atoms with Gasteiger partial charge in [-0.3, -0.25) is 4.90 Å². The molecule has 4 heteroatoms. The highest BCUT2D eigenvalue weighted by Crippen LogP contribution is 2.34. The number of ether oxygens (including phenoxy) is 1. The van der Waals surface area contributed by atoms with Crippen molar-refractivity contribution in [2.45, 2.75) is 32.2 Å². The van der Waals surface area contributed by atoms with Crippen LogP contribution in [0.1, 0.15) is 30.4 Å². The van der Waals surface area contributed by atoms with Crippen molar-refractivity contribution in [3.8, 4) is 5.75 Å². The number of rotatable bonds is 4. The fourth-order valence-electron chi connectivity index (χ4n) is 3.47. The van der Waals surface area contributed by atoms with Crippen molar-refractivity contribution in [1.29, 1.82) is 0 Å². The molecule has 20 heavy (non-hydrogen) atoms. The molecule has 2 heterocycles. The Morgan fingerprint density at radius 1 is 1.40 bits per heavy atom. The average molecular weight is 295 g/mol. The highest BCUT2D eigenvalue weighted by atomic mass is 35.5. The first kappa shape index (κ1) is 14.2. The van der Waals surface area contributed by atoms with Crippen molar-refractivity contribution in [3.05, 3.63) is 28.3 Å². The minimum absolute atomic E-state index is 0.752. The zero-order valence-electron chi connectivity index (χ0n) is 11.9. The molecule has 0 radical (unpaired) electrons. The van der Waals surface area contributed by atoms with Gasteiger partial charge >= 0.3 is 0 Å². The number of hydrogen-bond acceptors (Lipinski definition) is 3. The predicted molar refractivity (Wildman–Crippen MR) is 82.3 cm³/mol. The van der Waals surface area contributed by atoms with Crippen molar-refractivity contribution in [1.82, 2.24) is 4.90 Å². The maximum atomic E-state index is 6.23. The first-order chi connectivity index (χ1) is 9.76. The van der Waals surface area contributed by atoms with Crippen LogP contribution in [0.5, 0.6) is 5.75 Å². The zero-order valence-corrected chi connectivity index (χ0v) is 12.7. The molecule has 1 aromatic carbocycles. The summed E-state index contributed by atoms with van der Waals surface area (Å²) in [5.41, 5.74) is 8.21. The molecule has 0 spiro atoms. The Labute approximate surface area is 126 Å². The third-order valence-corrected chi connectivity index (χ3v) is 4.62. The molecule has 1 aromatic rings. The first-order valence-corrected chi connectivity index (χ1v) is 8.00. The molecule has 2 N–H and O–H groups in total. The number of fused-ring (bicyclic) bond motifs is 1. The van der Waals surface area contributed by atoms with Gasteiger partial charge in [0.15, 0.2) is 0 Å². The van der Waals surface area contributed by atoms with Crippen LogP contribution in [0.15, 0.2) is 12.1 Å². The van der Waals surface area contributed by atoms with Crippen molar-refractivity contribution >= 4 is 11.6 Å². The normalized spacial score (nSPS) is 22.6. The Bertz CT molecular complexity index is 476. The molecular formula is C16H23ClN2O. The van der Waals surface area contributed by atoms with Crippen molar-refractivity contribution in [2.75, 3.05) is 26.2 Å². The highest BCUT2D eigenvalue weighted by molar-refractivity contribution is 6.30. The van der Waals surface area contributed by atoms with E-state index in [-0.39, 0.29) is 0 Å². The van der Waals surface area contributed by atoms with E-state index in [9.17, 15) is 0 Å². The molecule has 0 bridgehead atoms. The van der Waals surface area contributed by atoms with Crippen LogP contribution in [0.25, 0.3) is 0 Å². The Hall–Kier alpha value is -0.770. The smallest absolute Gasteiger partial charge is 0.127 e. The van der Waals surface area contributed by atoms with Crippen LogP contribution in [0.3, 0.4) is 0 Å². The second-order valence-electron chi connectivity index (χ2n) is 5.97. The number of piperidine rings is 1. The lowest BCUT2D eigenvalue weighted by atomic mass is 9.94. The van der Waals surface area contributed by atoms with Gasteiger partial charge in [0.2, 0.25) is 0 Å². The van der Waals surface area contributed by atoms with Crippen LogP contribution in [-0.2, 0) is 13.0 Å². The standard InChI is InChI=1S/C16H23ClN2O/c17-15-8-13-4-7-20-16(13)14(9-15)11-19-6-1-2-12(10-19)3-5-18/h8-9,12H,1-7,10-11,18H2. The average Bonchev–Trinajstić information content (AvgIpc) is 2.87. The number of benzene rings is 1. The number of likely N-dealkylation sites (tertiary alicyclic amines) is 1. The first-order valence-electron chi connectivity index (χ1n) is 7.63. The molecular weight excluding hydrogens is 272 g/mol. The molecule has 110 valence electrons. The van der Waals surface area contributed by atoms with Gasteiger partial charge in [0.25, 0.3) is 0 Å². The van der Waals surface area contributed by atoms with E-state index in [1.807, 2.05) is 6.07 Å². The van der Waals surface area contributed by atoms with Crippen LogP contribution < -0.4 is 10.5 Å². The third kappa shape index (κ3) is 3.11. The molecule has 0 aromatic heterocycles. The van der Waals surface area contributed by atoms with Crippen LogP contribution in [0, 0.1) is 5.92 Å². The van der Waals surface area contributed by atoms with Crippen molar-refractivity contribution in [2.24, 2.45) is 11.7 Å². The van der Waals surface area contributed by atoms with Gasteiger partial charge in [-0.25, -0.2) is 0 Å². The fourth-order valence-corrected chi connectivity index (χ4v) is 3.73. The summed E-state index contributed by atoms with van der Waals surface area (Å²) in [6, 6.07) is 4.11. The lowest BCUT2D eigenvalue weighted by Crippen LogP contribution is -2.35. The topological polar surface area (TPSA) is 38.5 Å². The molecule has 0 amide bonds. The van der Waals surface area contributed by atoms with Gasteiger partial charge in [0.1, 0.15) is 5.75 Å². The summed E-state index contributed by atoms with van der Waals surface area (Å²) in [5, 5.41) is 0.833. The summed E-state index contributed by atoms with van der Waals surface area (Å²) in [7, 11) is 0. The molecule has 2 aliphatic heterocycles. The van der Waals surface area contributed by atoms with Gasteiger partial charge in [-0.05, 0) is 56.0 Å². The van der Waals surface area contributed by atoms with E-state index in [0.717, 1.165) is 55.8 Å². The molecule has 1 saturated heterocycles. The number of nitrogens with two attached hydrogens (primary N) is 1. The van der Waals surface area contributed by atoms with Crippen LogP contribution in [0.2, 0.25) is 5.02 Å². The second kappa shape index (κ2) is 6.33. The number of nitrogens with zero attached hydrogens (tertiary/aromatic N) is 1. The molecule has 1 atom stereocenters. The van der Waals surface area contributed by atoms with Crippen molar-refractivity contribution < 1.29 is 4.74 Å². The maximum absolute atomic E-state index is 6.23. The zero-order chi connectivity index (χ0) is 13.9. The van der Waals surface area contributed by atoms with Gasteiger partial charge in [-0.15, -0.1) is 0 Å². The van der Waals surface area contributed by atoms with Crippen molar-refractivity contribution in [3.63, 3.8) is 0 Å². The second-order valence-corrected chi connectivity index (χ2v) is 6.41. The SMILES string of the molecule is NCCC1CCCN(Cc2cc(Cl)cc3c2OCC3)C1. The summed E-state index contributed by atoms with van der Waals surface area (Å²) >= 11 is 6.23. The highest BCUT2D eigenvalue weighted by Gasteiger charge is 2.23. The van der Waals surface area contributed by atoms with E-state index in [0.29, 0.717) is 0 Å². The Morgan fingerprint density at radius 2 is 2.30 bits per heavy atom. The Balaban J connectivity index is 1.71. The van der Waals surface area contributed by atoms with Gasteiger partial charge in [-0.1, -0.05) is 11.6 Å². The lowest BCUT2D eigenvalue weighted by molar-refractivity contribution is 0.161. The van der Waals surface area contributed by atoms with E-state index in [1.54, 1.807) is 0 Å². The number of halogens is 1. The monoisotopic (exact) mass is 294 g/mol. The predicted octanol–water partition coefficient (Wildman–Crippen LogP) is 2.84. The summed E-state index contributed by atoms with van der Waals surface area (Å²) in [6.45, 7) is 4.86. The summed E-state index contributed by atoms with van der Waals surface area (Å²) in [5.74, 6) is 1.83. The Morgan fingerprint density at radius 3 is 3.15 bits per heavy atom. The summed E-state index contributed by atoms with van der Waals surface area (Å²) < 4.78 is 5.80. The maximum Gasteiger partial charge on any atom is 0.127 e. The van der Waals surface area contributed by atoms with E-state index in [4.69, 9.17) is 22.1 Å². The summed E-state index contributed by atoms with van der Waals surface area (Å²) in [6.07, 6.45) is 4.71. The molecule has 0 aliphatic carbocycles. The van der Waals surface area contributed by atoms with E-state index in [2.05, 4.69) is 11.0 Å². The molecule has 0 saturated carbocycles. The molecule has 3 rings (SSSR count). The van der Waals surface area contributed by atoms with E-state index >= 15 is 0 Å². The summed E-state index contributed by atoms with van der Waals surface area (Å²) in [4.78, 5) is 2.53. The molecule has 1 fully saturated rings. The van der Waals surface area contributed by atoms with Crippen LogP contribution in [0.4, 0.5) is 0 Å². The lowest BCUT2D eigenvalue weighted by Gasteiger charge is -2.33. The van der Waals surface area contributed by atoms with Gasteiger partial charge in [0, 0.05) is 30.1 Å². The Kier molecular flexibility index (Phi) is 4.49. The fraction of sp³-hybridized carbons (Fsp3) is 0.625. The molecule has 2 aliphatic rings. The van der Waals surface area contributed by atoms with Crippen LogP contribution in [-0.4, -0.2) is 31.1 Å². The van der Waals surface area contributed by atoms with Crippen LogP contribution >= 0.6 is 11.6 Å². The minimum Gasteiger partial charge on any atom is -0.493 e. The quantitative estimate of drug-likeness (QED) is 0.928. The minimum atomic E-state index is 0.752. The van der Waals surface area contributed by atoms with Gasteiger partial charge < -0.3 is 10.5 Å².